The van der Waals surface area contributed by atoms with E-state index in [0.29, 0.717) is 46.2 Å². The van der Waals surface area contributed by atoms with Gasteiger partial charge in [0.2, 0.25) is 10.0 Å². The minimum Gasteiger partial charge on any atom is -0.376 e. The molecule has 0 radical (unpaired) electrons. The number of aryl methyl sites for hydroxylation is 1. The summed E-state index contributed by atoms with van der Waals surface area (Å²) in [6.07, 6.45) is 4.07. The second kappa shape index (κ2) is 13.2. The van der Waals surface area contributed by atoms with Crippen LogP contribution in [-0.4, -0.2) is 63.8 Å². The number of amides is 1. The number of ether oxygens (including phenoxy) is 1. The van der Waals surface area contributed by atoms with Crippen LogP contribution in [0.3, 0.4) is 0 Å². The van der Waals surface area contributed by atoms with Crippen molar-refractivity contribution in [1.82, 2.24) is 4.98 Å². The zero-order valence-electron chi connectivity index (χ0n) is 26.1. The highest BCUT2D eigenvalue weighted by Crippen LogP contribution is 2.54. The molecular weight excluding hydrogens is 612 g/mol. The van der Waals surface area contributed by atoms with E-state index in [4.69, 9.17) is 4.74 Å². The topological polar surface area (TPSA) is 104 Å². The first-order valence-electron chi connectivity index (χ1n) is 15.9. The van der Waals surface area contributed by atoms with Crippen molar-refractivity contribution >= 4 is 38.8 Å². The van der Waals surface area contributed by atoms with Crippen molar-refractivity contribution in [1.29, 1.82) is 0 Å². The van der Waals surface area contributed by atoms with Gasteiger partial charge in [-0.15, -0.1) is 0 Å². The third kappa shape index (κ3) is 8.14. The van der Waals surface area contributed by atoms with Gasteiger partial charge in [0.05, 0.1) is 35.9 Å². The molecule has 6 rings (SSSR count). The lowest BCUT2D eigenvalue weighted by atomic mass is 9.93. The number of halogens is 2. The lowest BCUT2D eigenvalue weighted by molar-refractivity contribution is -0.0221. The van der Waals surface area contributed by atoms with Crippen LogP contribution in [0.4, 0.5) is 31.7 Å². The van der Waals surface area contributed by atoms with Crippen molar-refractivity contribution in [2.24, 2.45) is 5.41 Å². The number of carbonyl (C=O) groups is 1. The van der Waals surface area contributed by atoms with E-state index >= 15 is 0 Å². The molecule has 3 heterocycles. The second-order valence-corrected chi connectivity index (χ2v) is 14.7. The van der Waals surface area contributed by atoms with E-state index in [9.17, 15) is 22.0 Å². The Morgan fingerprint density at radius 2 is 1.59 bits per heavy atom. The summed E-state index contributed by atoms with van der Waals surface area (Å²) in [7, 11) is -3.71. The molecule has 0 unspecified atom stereocenters. The van der Waals surface area contributed by atoms with E-state index in [2.05, 4.69) is 19.9 Å². The highest BCUT2D eigenvalue weighted by molar-refractivity contribution is 7.92. The maximum Gasteiger partial charge on any atom is 0.257 e. The average molecular weight is 654 g/mol. The summed E-state index contributed by atoms with van der Waals surface area (Å²) >= 11 is 0. The molecule has 3 fully saturated rings. The Labute approximate surface area is 269 Å². The molecular formula is C34H41F2N5O4S. The smallest absolute Gasteiger partial charge is 0.257 e. The monoisotopic (exact) mass is 653 g/mol. The third-order valence-corrected chi connectivity index (χ3v) is 10.5. The molecule has 1 amide bonds. The van der Waals surface area contributed by atoms with E-state index in [0.717, 1.165) is 31.5 Å². The summed E-state index contributed by atoms with van der Waals surface area (Å²) in [5.74, 6) is -2.67. The van der Waals surface area contributed by atoms with Gasteiger partial charge in [-0.3, -0.25) is 9.52 Å². The summed E-state index contributed by atoms with van der Waals surface area (Å²) in [5.41, 5.74) is 4.04. The van der Waals surface area contributed by atoms with Gasteiger partial charge in [0.1, 0.15) is 5.82 Å². The Morgan fingerprint density at radius 3 is 2.28 bits per heavy atom. The first-order chi connectivity index (χ1) is 22.0. The van der Waals surface area contributed by atoms with Gasteiger partial charge in [-0.25, -0.2) is 22.2 Å². The number of aromatic nitrogens is 1. The van der Waals surface area contributed by atoms with Crippen LogP contribution in [0.25, 0.3) is 0 Å². The van der Waals surface area contributed by atoms with Crippen LogP contribution >= 0.6 is 0 Å². The number of hydrogen-bond donors (Lipinski definition) is 2. The average Bonchev–Trinajstić information content (AvgIpc) is 3.78. The first-order valence-corrected chi connectivity index (χ1v) is 17.6. The number of hydrogen-bond acceptors (Lipinski definition) is 7. The standard InChI is InChI=1S/C34H41F2N5O4S/c1-25-21-28(23-31(37-25)41-17-13-34(35,36)14-18-41)38-32(42)29-8-7-27(22-30(29)40-15-11-33(9-10-33)12-16-40)39-46(43,44)20-19-45-24-26-5-3-2-4-6-26/h2-8,21-23,39H,9-20,24H2,1H3,(H,37,38,42). The van der Waals surface area contributed by atoms with Crippen LogP contribution < -0.4 is 19.8 Å². The minimum absolute atomic E-state index is 0.0407. The van der Waals surface area contributed by atoms with Crippen molar-refractivity contribution in [2.75, 3.05) is 58.4 Å². The zero-order chi connectivity index (χ0) is 32.4. The fourth-order valence-electron chi connectivity index (χ4n) is 6.26. The van der Waals surface area contributed by atoms with Crippen molar-refractivity contribution in [3.63, 3.8) is 0 Å². The molecule has 246 valence electrons. The fourth-order valence-corrected chi connectivity index (χ4v) is 7.18. The van der Waals surface area contributed by atoms with Gasteiger partial charge in [0.25, 0.3) is 11.8 Å². The largest absolute Gasteiger partial charge is 0.376 e. The Hall–Kier alpha value is -3.77. The molecule has 12 heteroatoms. The van der Waals surface area contributed by atoms with Crippen LogP contribution in [0.5, 0.6) is 0 Å². The number of nitrogens with one attached hydrogen (secondary N) is 2. The molecule has 3 aromatic rings. The molecule has 3 aliphatic rings. The van der Waals surface area contributed by atoms with E-state index < -0.39 is 15.9 Å². The molecule has 2 aromatic carbocycles. The molecule has 2 N–H and O–H groups in total. The first kappa shape index (κ1) is 32.2. The SMILES string of the molecule is Cc1cc(NC(=O)c2ccc(NS(=O)(=O)CCOCc3ccccc3)cc2N2CCC3(CC2)CC3)cc(N2CCC(F)(F)CC2)n1. The summed E-state index contributed by atoms with van der Waals surface area (Å²) in [6.45, 7) is 4.11. The highest BCUT2D eigenvalue weighted by Gasteiger charge is 2.44. The number of anilines is 4. The van der Waals surface area contributed by atoms with Crippen LogP contribution in [0.1, 0.15) is 60.1 Å². The molecule has 9 nitrogen and oxygen atoms in total. The lowest BCUT2D eigenvalue weighted by Gasteiger charge is -2.35. The van der Waals surface area contributed by atoms with E-state index in [1.54, 1.807) is 37.3 Å². The van der Waals surface area contributed by atoms with Crippen LogP contribution in [-0.2, 0) is 21.4 Å². The molecule has 1 aliphatic carbocycles. The Bertz CT molecular complexity index is 1650. The van der Waals surface area contributed by atoms with Gasteiger partial charge in [-0.2, -0.15) is 0 Å². The molecule has 46 heavy (non-hydrogen) atoms. The van der Waals surface area contributed by atoms with Gasteiger partial charge in [-0.05, 0) is 67.9 Å². The van der Waals surface area contributed by atoms with Gasteiger partial charge in [-0.1, -0.05) is 30.3 Å². The van der Waals surface area contributed by atoms with Gasteiger partial charge in [0, 0.05) is 56.5 Å². The molecule has 1 spiro atoms. The summed E-state index contributed by atoms with van der Waals surface area (Å²) in [6, 6.07) is 18.0. The van der Waals surface area contributed by atoms with Crippen molar-refractivity contribution in [2.45, 2.75) is 58.0 Å². The van der Waals surface area contributed by atoms with Crippen LogP contribution in [0.15, 0.2) is 60.7 Å². The molecule has 0 bridgehead atoms. The van der Waals surface area contributed by atoms with Crippen molar-refractivity contribution in [3.05, 3.63) is 77.5 Å². The highest BCUT2D eigenvalue weighted by atomic mass is 32.2. The molecule has 2 saturated heterocycles. The van der Waals surface area contributed by atoms with E-state index in [1.165, 1.54) is 12.8 Å². The quantitative estimate of drug-likeness (QED) is 0.237. The minimum atomic E-state index is -3.71. The molecule has 1 aromatic heterocycles. The number of rotatable bonds is 11. The van der Waals surface area contributed by atoms with E-state index in [-0.39, 0.29) is 44.2 Å². The maximum absolute atomic E-state index is 13.8. The zero-order valence-corrected chi connectivity index (χ0v) is 26.9. The Morgan fingerprint density at radius 1 is 0.891 bits per heavy atom. The van der Waals surface area contributed by atoms with Crippen molar-refractivity contribution in [3.8, 4) is 0 Å². The Kier molecular flexibility index (Phi) is 9.20. The normalized spacial score (nSPS) is 18.8. The second-order valence-electron chi connectivity index (χ2n) is 12.8. The number of carbonyl (C=O) groups excluding carboxylic acids is 1. The summed E-state index contributed by atoms with van der Waals surface area (Å²) < 4.78 is 61.6. The number of benzene rings is 2. The van der Waals surface area contributed by atoms with Gasteiger partial charge in [0.15, 0.2) is 0 Å². The van der Waals surface area contributed by atoms with Crippen molar-refractivity contribution < 1.29 is 26.7 Å². The Balaban J connectivity index is 1.16. The van der Waals surface area contributed by atoms with Crippen LogP contribution in [0.2, 0.25) is 0 Å². The molecule has 0 atom stereocenters. The lowest BCUT2D eigenvalue weighted by Crippen LogP contribution is -2.39. The number of nitrogens with zero attached hydrogens (tertiary/aromatic N) is 3. The van der Waals surface area contributed by atoms with Gasteiger partial charge >= 0.3 is 0 Å². The summed E-state index contributed by atoms with van der Waals surface area (Å²) in [5, 5.41) is 2.98. The van der Waals surface area contributed by atoms with E-state index in [1.807, 2.05) is 35.2 Å². The molecule has 2 aliphatic heterocycles. The molecule has 1 saturated carbocycles. The number of alkyl halides is 2. The van der Waals surface area contributed by atoms with Crippen LogP contribution in [0, 0.1) is 12.3 Å². The van der Waals surface area contributed by atoms with Gasteiger partial charge < -0.3 is 19.9 Å². The third-order valence-electron chi connectivity index (χ3n) is 9.26. The predicted octanol–water partition coefficient (Wildman–Crippen LogP) is 6.22. The maximum atomic E-state index is 13.8. The summed E-state index contributed by atoms with van der Waals surface area (Å²) in [4.78, 5) is 22.3. The predicted molar refractivity (Wildman–Crippen MR) is 176 cm³/mol. The fraction of sp³-hybridized carbons (Fsp3) is 0.471. The number of pyridine rings is 1. The number of piperidine rings is 2. The number of sulfonamides is 1.